The van der Waals surface area contributed by atoms with Crippen LogP contribution in [0.2, 0.25) is 0 Å². The van der Waals surface area contributed by atoms with Gasteiger partial charge in [-0.05, 0) is 64.2 Å². The average molecular weight is 1210 g/mol. The van der Waals surface area contributed by atoms with Crippen molar-refractivity contribution in [1.29, 1.82) is 0 Å². The Morgan fingerprint density at radius 1 is 0.357 bits per heavy atom. The summed E-state index contributed by atoms with van der Waals surface area (Å²) in [6, 6.07) is 0. The topological polar surface area (TPSA) is 108 Å². The first kappa shape index (κ1) is 82.5. The molecule has 9 nitrogen and oxygen atoms in total. The van der Waals surface area contributed by atoms with Crippen LogP contribution in [0.25, 0.3) is 0 Å². The predicted molar refractivity (Wildman–Crippen MR) is 363 cm³/mol. The number of phosphoric acid groups is 1. The first-order valence-electron chi connectivity index (χ1n) is 37.1. The van der Waals surface area contributed by atoms with Crippen molar-refractivity contribution in [2.24, 2.45) is 0 Å². The lowest BCUT2D eigenvalue weighted by molar-refractivity contribution is -0.870. The van der Waals surface area contributed by atoms with Gasteiger partial charge in [-0.25, -0.2) is 4.57 Å². The lowest BCUT2D eigenvalue weighted by Crippen LogP contribution is -2.37. The Labute approximate surface area is 523 Å². The molecule has 2 unspecified atom stereocenters. The molecule has 0 heterocycles. The number of rotatable bonds is 70. The molecule has 0 radical (unpaired) electrons. The number of quaternary nitrogens is 1. The number of ether oxygens (including phenoxy) is 2. The van der Waals surface area contributed by atoms with Gasteiger partial charge in [-0.15, -0.1) is 0 Å². The lowest BCUT2D eigenvalue weighted by atomic mass is 10.0. The summed E-state index contributed by atoms with van der Waals surface area (Å²) in [4.78, 5) is 35.9. The Hall–Kier alpha value is -1.51. The monoisotopic (exact) mass is 1210 g/mol. The highest BCUT2D eigenvalue weighted by atomic mass is 31.2. The maximum atomic E-state index is 12.9. The SMILES string of the molecule is CCCCCCCCCC/C=C\CCCCCCCCCCCCCCCCCCCCCCCCCCCCCC(=O)OC(COC(=O)CCCCCCCCCCC/C=C\CCCCCCCCCC)COP(=O)(O)OCC[N+](C)(C)C. The van der Waals surface area contributed by atoms with Crippen molar-refractivity contribution in [3.8, 4) is 0 Å². The van der Waals surface area contributed by atoms with Gasteiger partial charge in [-0.2, -0.15) is 0 Å². The summed E-state index contributed by atoms with van der Waals surface area (Å²) >= 11 is 0. The van der Waals surface area contributed by atoms with E-state index in [9.17, 15) is 19.0 Å². The molecule has 0 bridgehead atoms. The zero-order valence-corrected chi connectivity index (χ0v) is 57.8. The van der Waals surface area contributed by atoms with E-state index in [4.69, 9.17) is 18.5 Å². The third-order valence-electron chi connectivity index (χ3n) is 17.0. The van der Waals surface area contributed by atoms with Crippen molar-refractivity contribution < 1.29 is 42.1 Å². The molecule has 0 aliphatic heterocycles. The molecule has 0 fully saturated rings. The van der Waals surface area contributed by atoms with Gasteiger partial charge in [0.05, 0.1) is 27.7 Å². The zero-order valence-electron chi connectivity index (χ0n) is 56.9. The second-order valence-electron chi connectivity index (χ2n) is 26.7. The molecule has 0 aliphatic rings. The van der Waals surface area contributed by atoms with Crippen LogP contribution in [-0.2, 0) is 32.7 Å². The van der Waals surface area contributed by atoms with Gasteiger partial charge in [0, 0.05) is 12.8 Å². The van der Waals surface area contributed by atoms with E-state index in [0.717, 1.165) is 32.1 Å². The van der Waals surface area contributed by atoms with Gasteiger partial charge in [-0.3, -0.25) is 18.6 Å². The average Bonchev–Trinajstić information content (AvgIpc) is 3.61. The fraction of sp³-hybridized carbons (Fsp3) is 0.919. The summed E-state index contributed by atoms with van der Waals surface area (Å²) in [5.41, 5.74) is 0. The van der Waals surface area contributed by atoms with Crippen LogP contribution >= 0.6 is 7.82 Å². The van der Waals surface area contributed by atoms with Crippen LogP contribution in [0.3, 0.4) is 0 Å². The van der Waals surface area contributed by atoms with Gasteiger partial charge in [-0.1, -0.05) is 334 Å². The molecule has 0 amide bonds. The highest BCUT2D eigenvalue weighted by Gasteiger charge is 2.27. The summed E-state index contributed by atoms with van der Waals surface area (Å²) in [5, 5.41) is 0. The van der Waals surface area contributed by atoms with Gasteiger partial charge >= 0.3 is 19.8 Å². The predicted octanol–water partition coefficient (Wildman–Crippen LogP) is 24.1. The van der Waals surface area contributed by atoms with Crippen molar-refractivity contribution in [3.63, 3.8) is 0 Å². The van der Waals surface area contributed by atoms with E-state index in [1.807, 2.05) is 21.1 Å². The normalized spacial score (nSPS) is 13.2. The molecule has 84 heavy (non-hydrogen) atoms. The molecule has 0 rings (SSSR count). The largest absolute Gasteiger partial charge is 0.472 e. The summed E-state index contributed by atoms with van der Waals surface area (Å²) in [6.45, 7) is 4.50. The van der Waals surface area contributed by atoms with E-state index in [2.05, 4.69) is 38.2 Å². The first-order valence-corrected chi connectivity index (χ1v) is 38.6. The minimum absolute atomic E-state index is 0.0349. The lowest BCUT2D eigenvalue weighted by Gasteiger charge is -2.24. The molecule has 0 aromatic rings. The third-order valence-corrected chi connectivity index (χ3v) is 17.9. The van der Waals surface area contributed by atoms with Crippen LogP contribution in [-0.4, -0.2) is 74.9 Å². The van der Waals surface area contributed by atoms with E-state index in [-0.39, 0.29) is 25.6 Å². The van der Waals surface area contributed by atoms with E-state index >= 15 is 0 Å². The second-order valence-corrected chi connectivity index (χ2v) is 28.1. The number of esters is 2. The van der Waals surface area contributed by atoms with Crippen molar-refractivity contribution in [2.45, 2.75) is 392 Å². The Balaban J connectivity index is 3.89. The summed E-state index contributed by atoms with van der Waals surface area (Å²) < 4.78 is 34.7. The fourth-order valence-corrected chi connectivity index (χ4v) is 12.0. The number of unbranched alkanes of at least 4 members (excludes halogenated alkanes) is 52. The van der Waals surface area contributed by atoms with E-state index in [0.29, 0.717) is 23.9 Å². The van der Waals surface area contributed by atoms with Crippen LogP contribution in [0.1, 0.15) is 386 Å². The minimum atomic E-state index is -4.39. The van der Waals surface area contributed by atoms with Crippen LogP contribution in [0.5, 0.6) is 0 Å². The van der Waals surface area contributed by atoms with Gasteiger partial charge in [0.25, 0.3) is 0 Å². The van der Waals surface area contributed by atoms with E-state index in [1.54, 1.807) is 0 Å². The molecule has 0 aliphatic carbocycles. The minimum Gasteiger partial charge on any atom is -0.462 e. The molecule has 0 aromatic carbocycles. The fourth-order valence-electron chi connectivity index (χ4n) is 11.2. The number of allylic oxidation sites excluding steroid dienone is 4. The molecule has 0 spiro atoms. The number of likely N-dealkylation sites (N-methyl/N-ethyl adjacent to an activating group) is 1. The van der Waals surface area contributed by atoms with Gasteiger partial charge in [0.1, 0.15) is 19.8 Å². The summed E-state index contributed by atoms with van der Waals surface area (Å²) in [6.07, 6.45) is 83.2. The van der Waals surface area contributed by atoms with Crippen molar-refractivity contribution in [1.82, 2.24) is 0 Å². The molecule has 0 saturated carbocycles. The highest BCUT2D eigenvalue weighted by molar-refractivity contribution is 7.47. The summed E-state index contributed by atoms with van der Waals surface area (Å²) in [7, 11) is 1.50. The third kappa shape index (κ3) is 69.6. The molecule has 0 saturated heterocycles. The number of carbonyl (C=O) groups is 2. The summed E-state index contributed by atoms with van der Waals surface area (Å²) in [5.74, 6) is -0.777. The standard InChI is InChI=1S/C74H144NO8P/c1-6-8-10-12-14-16-18-20-22-24-26-28-29-30-31-32-33-34-35-36-37-38-39-40-41-42-43-44-45-47-49-51-53-55-57-59-61-63-65-67-74(77)83-72(71-82-84(78,79)81-69-68-75(3,4)5)70-80-73(76)66-64-62-60-58-56-54-52-50-48-46-27-25-23-21-19-17-15-13-11-9-7-2/h24-27,72H,6-23,28-71H2,1-5H3/p+1/b26-24-,27-25-. The van der Waals surface area contributed by atoms with Crippen molar-refractivity contribution in [3.05, 3.63) is 24.3 Å². The maximum Gasteiger partial charge on any atom is 0.472 e. The molecule has 10 heteroatoms. The van der Waals surface area contributed by atoms with E-state index in [1.165, 1.54) is 321 Å². The van der Waals surface area contributed by atoms with Crippen LogP contribution in [0.4, 0.5) is 0 Å². The number of hydrogen-bond donors (Lipinski definition) is 1. The molecule has 1 N–H and O–H groups in total. The van der Waals surface area contributed by atoms with E-state index < -0.39 is 26.5 Å². The Bertz CT molecular complexity index is 1460. The first-order chi connectivity index (χ1) is 41.0. The quantitative estimate of drug-likeness (QED) is 0.0211. The maximum absolute atomic E-state index is 12.9. The molecular formula is C74H145NO8P+. The molecule has 498 valence electrons. The number of phosphoric ester groups is 1. The Morgan fingerprint density at radius 2 is 0.607 bits per heavy atom. The number of nitrogens with zero attached hydrogens (tertiary/aromatic N) is 1. The molecule has 0 aromatic heterocycles. The second kappa shape index (κ2) is 65.9. The van der Waals surface area contributed by atoms with Crippen molar-refractivity contribution >= 4 is 19.8 Å². The Kier molecular flexibility index (Phi) is 64.7. The van der Waals surface area contributed by atoms with Crippen LogP contribution in [0, 0.1) is 0 Å². The van der Waals surface area contributed by atoms with Crippen LogP contribution < -0.4 is 0 Å². The van der Waals surface area contributed by atoms with Gasteiger partial charge in [0.15, 0.2) is 6.10 Å². The van der Waals surface area contributed by atoms with Gasteiger partial charge < -0.3 is 18.9 Å². The number of carbonyl (C=O) groups excluding carboxylic acids is 2. The number of hydrogen-bond acceptors (Lipinski definition) is 7. The van der Waals surface area contributed by atoms with Crippen LogP contribution in [0.15, 0.2) is 24.3 Å². The molecular weight excluding hydrogens is 1060 g/mol. The van der Waals surface area contributed by atoms with Crippen molar-refractivity contribution in [2.75, 3.05) is 47.5 Å². The van der Waals surface area contributed by atoms with Gasteiger partial charge in [0.2, 0.25) is 0 Å². The zero-order chi connectivity index (χ0) is 61.2. The Morgan fingerprint density at radius 3 is 0.881 bits per heavy atom. The highest BCUT2D eigenvalue weighted by Crippen LogP contribution is 2.43. The molecule has 2 atom stereocenters. The smallest absolute Gasteiger partial charge is 0.462 e.